The average molecular weight is 185 g/mol. The van der Waals surface area contributed by atoms with Gasteiger partial charge in [0, 0.05) is 12.5 Å². The molecule has 76 valence electrons. The minimum Gasteiger partial charge on any atom is -0.389 e. The van der Waals surface area contributed by atoms with Crippen molar-refractivity contribution >= 4 is 5.91 Å². The van der Waals surface area contributed by atoms with E-state index in [1.54, 1.807) is 13.8 Å². The molecular formula is C10H19NO2. The Hall–Kier alpha value is -0.570. The Morgan fingerprint density at radius 1 is 1.62 bits per heavy atom. The summed E-state index contributed by atoms with van der Waals surface area (Å²) in [6.45, 7) is 7.87. The summed E-state index contributed by atoms with van der Waals surface area (Å²) in [5.41, 5.74) is -0.641. The number of nitrogens with one attached hydrogen (secondary N) is 1. The first-order valence-corrected chi connectivity index (χ1v) is 4.72. The largest absolute Gasteiger partial charge is 0.389 e. The molecule has 3 heteroatoms. The van der Waals surface area contributed by atoms with E-state index in [1.165, 1.54) is 0 Å². The minimum absolute atomic E-state index is 0.0760. The van der Waals surface area contributed by atoms with E-state index >= 15 is 0 Å². The fourth-order valence-corrected chi connectivity index (χ4v) is 1.34. The van der Waals surface area contributed by atoms with E-state index in [0.717, 1.165) is 6.42 Å². The van der Waals surface area contributed by atoms with Crippen molar-refractivity contribution in [2.75, 3.05) is 6.54 Å². The van der Waals surface area contributed by atoms with Gasteiger partial charge in [-0.15, -0.1) is 0 Å². The van der Waals surface area contributed by atoms with E-state index < -0.39 is 5.60 Å². The first kappa shape index (κ1) is 10.5. The molecule has 1 aliphatic carbocycles. The predicted molar refractivity (Wildman–Crippen MR) is 51.2 cm³/mol. The Kier molecular flexibility index (Phi) is 2.41. The highest BCUT2D eigenvalue weighted by Crippen LogP contribution is 2.51. The predicted octanol–water partition coefficient (Wildman–Crippen LogP) is 0.920. The van der Waals surface area contributed by atoms with Gasteiger partial charge in [-0.3, -0.25) is 4.79 Å². The Bertz CT molecular complexity index is 215. The molecule has 0 heterocycles. The van der Waals surface area contributed by atoms with Crippen molar-refractivity contribution in [2.45, 2.75) is 39.7 Å². The Morgan fingerprint density at radius 3 is 2.38 bits per heavy atom. The highest BCUT2D eigenvalue weighted by atomic mass is 16.3. The Morgan fingerprint density at radius 2 is 2.08 bits per heavy atom. The van der Waals surface area contributed by atoms with Gasteiger partial charge in [0.05, 0.1) is 5.60 Å². The van der Waals surface area contributed by atoms with Crippen molar-refractivity contribution in [1.29, 1.82) is 0 Å². The normalized spacial score (nSPS) is 25.5. The van der Waals surface area contributed by atoms with Gasteiger partial charge in [0.15, 0.2) is 0 Å². The lowest BCUT2D eigenvalue weighted by atomic mass is 10.1. The van der Waals surface area contributed by atoms with Crippen LogP contribution in [0.15, 0.2) is 0 Å². The summed E-state index contributed by atoms with van der Waals surface area (Å²) >= 11 is 0. The van der Waals surface area contributed by atoms with Crippen LogP contribution in [0.2, 0.25) is 0 Å². The molecular weight excluding hydrogens is 166 g/mol. The summed E-state index contributed by atoms with van der Waals surface area (Å²) in [7, 11) is 0. The molecule has 13 heavy (non-hydrogen) atoms. The van der Waals surface area contributed by atoms with E-state index in [-0.39, 0.29) is 17.2 Å². The fourth-order valence-electron chi connectivity index (χ4n) is 1.34. The van der Waals surface area contributed by atoms with Gasteiger partial charge in [-0.2, -0.15) is 0 Å². The molecule has 0 aromatic heterocycles. The minimum atomic E-state index is -0.811. The van der Waals surface area contributed by atoms with Gasteiger partial charge in [-0.05, 0) is 25.7 Å². The van der Waals surface area contributed by atoms with Gasteiger partial charge in [0.2, 0.25) is 5.91 Å². The zero-order chi connectivity index (χ0) is 10.3. The third-order valence-corrected chi connectivity index (χ3v) is 2.53. The SMILES string of the molecule is CC(C)(O)CNC(=O)C1CC1(C)C. The quantitative estimate of drug-likeness (QED) is 0.687. The highest BCUT2D eigenvalue weighted by Gasteiger charge is 2.50. The first-order chi connectivity index (χ1) is 5.72. The van der Waals surface area contributed by atoms with E-state index in [2.05, 4.69) is 19.2 Å². The summed E-state index contributed by atoms with van der Waals surface area (Å²) in [5, 5.41) is 12.1. The third-order valence-electron chi connectivity index (χ3n) is 2.53. The monoisotopic (exact) mass is 185 g/mol. The number of aliphatic hydroxyl groups is 1. The van der Waals surface area contributed by atoms with E-state index in [1.807, 2.05) is 0 Å². The highest BCUT2D eigenvalue weighted by molar-refractivity contribution is 5.82. The summed E-state index contributed by atoms with van der Waals surface area (Å²) in [6.07, 6.45) is 0.963. The zero-order valence-corrected chi connectivity index (χ0v) is 8.85. The Balaban J connectivity index is 2.29. The molecule has 1 fully saturated rings. The van der Waals surface area contributed by atoms with Gasteiger partial charge in [-0.25, -0.2) is 0 Å². The molecule has 0 radical (unpaired) electrons. The van der Waals surface area contributed by atoms with Crippen molar-refractivity contribution in [3.05, 3.63) is 0 Å². The zero-order valence-electron chi connectivity index (χ0n) is 8.85. The molecule has 1 unspecified atom stereocenters. The number of carbonyl (C=O) groups is 1. The molecule has 0 aromatic rings. The van der Waals surface area contributed by atoms with Crippen molar-refractivity contribution in [1.82, 2.24) is 5.32 Å². The topological polar surface area (TPSA) is 49.3 Å². The molecule has 1 aliphatic rings. The molecule has 0 bridgehead atoms. The maximum absolute atomic E-state index is 11.4. The molecule has 0 aromatic carbocycles. The van der Waals surface area contributed by atoms with Crippen LogP contribution in [-0.4, -0.2) is 23.2 Å². The lowest BCUT2D eigenvalue weighted by Crippen LogP contribution is -2.39. The first-order valence-electron chi connectivity index (χ1n) is 4.72. The van der Waals surface area contributed by atoms with Crippen LogP contribution in [0.3, 0.4) is 0 Å². The van der Waals surface area contributed by atoms with Crippen LogP contribution >= 0.6 is 0 Å². The molecule has 1 saturated carbocycles. The van der Waals surface area contributed by atoms with Gasteiger partial charge in [-0.1, -0.05) is 13.8 Å². The number of hydrogen-bond donors (Lipinski definition) is 2. The second kappa shape index (κ2) is 2.98. The smallest absolute Gasteiger partial charge is 0.223 e. The second-order valence-electron chi connectivity index (χ2n) is 5.28. The molecule has 2 N–H and O–H groups in total. The number of hydrogen-bond acceptors (Lipinski definition) is 2. The molecule has 0 aliphatic heterocycles. The van der Waals surface area contributed by atoms with Gasteiger partial charge >= 0.3 is 0 Å². The van der Waals surface area contributed by atoms with Crippen LogP contribution in [0.25, 0.3) is 0 Å². The number of carbonyl (C=O) groups excluding carboxylic acids is 1. The third kappa shape index (κ3) is 2.99. The van der Waals surface area contributed by atoms with Crippen LogP contribution in [0.1, 0.15) is 34.1 Å². The maximum atomic E-state index is 11.4. The summed E-state index contributed by atoms with van der Waals surface area (Å²) in [6, 6.07) is 0. The van der Waals surface area contributed by atoms with Crippen LogP contribution in [0, 0.1) is 11.3 Å². The van der Waals surface area contributed by atoms with Crippen molar-refractivity contribution in [3.63, 3.8) is 0 Å². The molecule has 0 saturated heterocycles. The lowest BCUT2D eigenvalue weighted by Gasteiger charge is -2.17. The van der Waals surface area contributed by atoms with Gasteiger partial charge < -0.3 is 10.4 Å². The molecule has 1 amide bonds. The fraction of sp³-hybridized carbons (Fsp3) is 0.900. The van der Waals surface area contributed by atoms with Crippen LogP contribution in [0.5, 0.6) is 0 Å². The van der Waals surface area contributed by atoms with E-state index in [0.29, 0.717) is 6.54 Å². The van der Waals surface area contributed by atoms with Gasteiger partial charge in [0.25, 0.3) is 0 Å². The maximum Gasteiger partial charge on any atom is 0.223 e. The summed E-state index contributed by atoms with van der Waals surface area (Å²) < 4.78 is 0. The van der Waals surface area contributed by atoms with Gasteiger partial charge in [0.1, 0.15) is 0 Å². The average Bonchev–Trinajstić information content (AvgIpc) is 2.53. The summed E-state index contributed by atoms with van der Waals surface area (Å²) in [5.74, 6) is 0.224. The molecule has 3 nitrogen and oxygen atoms in total. The number of amides is 1. The van der Waals surface area contributed by atoms with Crippen molar-refractivity contribution in [2.24, 2.45) is 11.3 Å². The summed E-state index contributed by atoms with van der Waals surface area (Å²) in [4.78, 5) is 11.4. The molecule has 1 atom stereocenters. The van der Waals surface area contributed by atoms with Crippen LogP contribution in [0.4, 0.5) is 0 Å². The standard InChI is InChI=1S/C10H19NO2/c1-9(2)5-7(9)8(12)11-6-10(3,4)13/h7,13H,5-6H2,1-4H3,(H,11,12). The van der Waals surface area contributed by atoms with E-state index in [4.69, 9.17) is 0 Å². The van der Waals surface area contributed by atoms with Crippen LogP contribution in [-0.2, 0) is 4.79 Å². The second-order valence-corrected chi connectivity index (χ2v) is 5.28. The lowest BCUT2D eigenvalue weighted by molar-refractivity contribution is -0.124. The van der Waals surface area contributed by atoms with E-state index in [9.17, 15) is 9.90 Å². The van der Waals surface area contributed by atoms with Crippen molar-refractivity contribution in [3.8, 4) is 0 Å². The molecule has 1 rings (SSSR count). The number of rotatable bonds is 3. The molecule has 0 spiro atoms. The Labute approximate surface area is 79.5 Å². The van der Waals surface area contributed by atoms with Crippen molar-refractivity contribution < 1.29 is 9.90 Å². The van der Waals surface area contributed by atoms with Crippen LogP contribution < -0.4 is 5.32 Å².